The van der Waals surface area contributed by atoms with Crippen molar-refractivity contribution in [3.05, 3.63) is 23.8 Å². The maximum atomic E-state index is 3.29. The van der Waals surface area contributed by atoms with Crippen molar-refractivity contribution in [3.8, 4) is 0 Å². The van der Waals surface area contributed by atoms with E-state index in [1.807, 2.05) is 0 Å². The Morgan fingerprint density at radius 1 is 1.25 bits per heavy atom. The average Bonchev–Trinajstić information content (AvgIpc) is 2.51. The van der Waals surface area contributed by atoms with E-state index >= 15 is 0 Å². The van der Waals surface area contributed by atoms with Crippen molar-refractivity contribution in [2.45, 2.75) is 19.8 Å². The third kappa shape index (κ3) is 1.24. The Balaban J connectivity index is 2.26. The van der Waals surface area contributed by atoms with Gasteiger partial charge in [0.1, 0.15) is 0 Å². The highest BCUT2D eigenvalue weighted by Crippen LogP contribution is 2.27. The first-order chi connectivity index (χ1) is 5.90. The quantitative estimate of drug-likeness (QED) is 0.698. The number of hydrogen-bond acceptors (Lipinski definition) is 2. The molecule has 0 bridgehead atoms. The molecule has 0 amide bonds. The number of benzene rings is 1. The molecule has 1 heterocycles. The maximum Gasteiger partial charge on any atom is 0.0850 e. The molecule has 64 valence electrons. The fourth-order valence-corrected chi connectivity index (χ4v) is 1.57. The Bertz CT molecular complexity index is 281. The molecule has 2 N–H and O–H groups in total. The molecule has 0 saturated heterocycles. The van der Waals surface area contributed by atoms with E-state index in [1.54, 1.807) is 0 Å². The first kappa shape index (κ1) is 7.47. The van der Waals surface area contributed by atoms with Crippen LogP contribution in [0.4, 0.5) is 11.4 Å². The summed E-state index contributed by atoms with van der Waals surface area (Å²) in [5, 5.41) is 6.55. The Hall–Kier alpha value is -1.18. The molecule has 0 aliphatic carbocycles. The standard InChI is InChI=1S/C10H14N2/c1-2-3-8-4-5-9-10(6-8)12-7-11-9/h4-6,11-12H,2-3,7H2,1H3. The lowest BCUT2D eigenvalue weighted by Gasteiger charge is -2.02. The minimum atomic E-state index is 0.866. The van der Waals surface area contributed by atoms with Crippen LogP contribution in [0.1, 0.15) is 18.9 Å². The van der Waals surface area contributed by atoms with Crippen LogP contribution >= 0.6 is 0 Å². The van der Waals surface area contributed by atoms with Crippen LogP contribution < -0.4 is 10.6 Å². The van der Waals surface area contributed by atoms with Gasteiger partial charge in [-0.15, -0.1) is 0 Å². The van der Waals surface area contributed by atoms with Gasteiger partial charge < -0.3 is 10.6 Å². The molecule has 0 radical (unpaired) electrons. The fourth-order valence-electron chi connectivity index (χ4n) is 1.57. The van der Waals surface area contributed by atoms with Crippen molar-refractivity contribution < 1.29 is 0 Å². The van der Waals surface area contributed by atoms with E-state index < -0.39 is 0 Å². The molecule has 2 heteroatoms. The summed E-state index contributed by atoms with van der Waals surface area (Å²) in [5.41, 5.74) is 3.91. The topological polar surface area (TPSA) is 24.1 Å². The van der Waals surface area contributed by atoms with Gasteiger partial charge in [0.05, 0.1) is 18.0 Å². The fraction of sp³-hybridized carbons (Fsp3) is 0.400. The molecular weight excluding hydrogens is 148 g/mol. The molecule has 1 aromatic rings. The highest BCUT2D eigenvalue weighted by atomic mass is 15.1. The zero-order valence-corrected chi connectivity index (χ0v) is 7.35. The number of rotatable bonds is 2. The van der Waals surface area contributed by atoms with Crippen LogP contribution in [0.5, 0.6) is 0 Å². The molecule has 2 nitrogen and oxygen atoms in total. The van der Waals surface area contributed by atoms with E-state index in [0.29, 0.717) is 0 Å². The third-order valence-corrected chi connectivity index (χ3v) is 2.18. The van der Waals surface area contributed by atoms with Gasteiger partial charge in [0.25, 0.3) is 0 Å². The van der Waals surface area contributed by atoms with Crippen LogP contribution in [0.2, 0.25) is 0 Å². The second-order valence-corrected chi connectivity index (χ2v) is 3.16. The molecule has 12 heavy (non-hydrogen) atoms. The lowest BCUT2D eigenvalue weighted by atomic mass is 10.1. The Labute approximate surface area is 73.0 Å². The van der Waals surface area contributed by atoms with E-state index in [1.165, 1.54) is 29.8 Å². The first-order valence-corrected chi connectivity index (χ1v) is 4.51. The SMILES string of the molecule is CCCc1ccc2c(c1)NCN2. The zero-order valence-electron chi connectivity index (χ0n) is 7.35. The molecule has 0 saturated carbocycles. The lowest BCUT2D eigenvalue weighted by Crippen LogP contribution is -1.98. The summed E-state index contributed by atoms with van der Waals surface area (Å²) in [6, 6.07) is 6.58. The monoisotopic (exact) mass is 162 g/mol. The Kier molecular flexibility index (Phi) is 1.90. The summed E-state index contributed by atoms with van der Waals surface area (Å²) in [6.07, 6.45) is 2.39. The van der Waals surface area contributed by atoms with Gasteiger partial charge in [-0.2, -0.15) is 0 Å². The molecule has 0 spiro atoms. The number of hydrogen-bond donors (Lipinski definition) is 2. The average molecular weight is 162 g/mol. The van der Waals surface area contributed by atoms with Crippen LogP contribution in [-0.2, 0) is 6.42 Å². The second-order valence-electron chi connectivity index (χ2n) is 3.16. The third-order valence-electron chi connectivity index (χ3n) is 2.18. The highest BCUT2D eigenvalue weighted by Gasteiger charge is 2.07. The Morgan fingerprint density at radius 2 is 2.08 bits per heavy atom. The first-order valence-electron chi connectivity index (χ1n) is 4.51. The minimum absolute atomic E-state index is 0.866. The zero-order chi connectivity index (χ0) is 8.39. The molecule has 2 rings (SSSR count). The van der Waals surface area contributed by atoms with Crippen LogP contribution in [0.15, 0.2) is 18.2 Å². The molecule has 1 aliphatic heterocycles. The summed E-state index contributed by atoms with van der Waals surface area (Å²) in [4.78, 5) is 0. The van der Waals surface area contributed by atoms with E-state index in [2.05, 4.69) is 35.8 Å². The van der Waals surface area contributed by atoms with E-state index in [-0.39, 0.29) is 0 Å². The number of fused-ring (bicyclic) bond motifs is 1. The number of nitrogens with one attached hydrogen (secondary N) is 2. The van der Waals surface area contributed by atoms with Gasteiger partial charge in [0.2, 0.25) is 0 Å². The van der Waals surface area contributed by atoms with Crippen LogP contribution in [0.3, 0.4) is 0 Å². The lowest BCUT2D eigenvalue weighted by molar-refractivity contribution is 0.923. The predicted octanol–water partition coefficient (Wildman–Crippen LogP) is 2.43. The van der Waals surface area contributed by atoms with Crippen molar-refractivity contribution in [2.75, 3.05) is 17.3 Å². The van der Waals surface area contributed by atoms with Gasteiger partial charge in [-0.1, -0.05) is 19.4 Å². The van der Waals surface area contributed by atoms with Gasteiger partial charge in [0, 0.05) is 0 Å². The predicted molar refractivity (Wildman–Crippen MR) is 52.5 cm³/mol. The normalized spacial score (nSPS) is 13.4. The smallest absolute Gasteiger partial charge is 0.0850 e. The van der Waals surface area contributed by atoms with Crippen molar-refractivity contribution >= 4 is 11.4 Å². The van der Waals surface area contributed by atoms with E-state index in [4.69, 9.17) is 0 Å². The highest BCUT2D eigenvalue weighted by molar-refractivity contribution is 5.73. The molecular formula is C10H14N2. The maximum absolute atomic E-state index is 3.29. The molecule has 0 unspecified atom stereocenters. The largest absolute Gasteiger partial charge is 0.366 e. The molecule has 1 aliphatic rings. The van der Waals surface area contributed by atoms with E-state index in [9.17, 15) is 0 Å². The van der Waals surface area contributed by atoms with Crippen molar-refractivity contribution in [1.82, 2.24) is 0 Å². The van der Waals surface area contributed by atoms with Crippen LogP contribution in [0.25, 0.3) is 0 Å². The van der Waals surface area contributed by atoms with Gasteiger partial charge in [0.15, 0.2) is 0 Å². The summed E-state index contributed by atoms with van der Waals surface area (Å²) < 4.78 is 0. The Morgan fingerprint density at radius 3 is 2.92 bits per heavy atom. The molecule has 0 aromatic heterocycles. The van der Waals surface area contributed by atoms with Gasteiger partial charge in [-0.25, -0.2) is 0 Å². The van der Waals surface area contributed by atoms with Crippen LogP contribution in [0, 0.1) is 0 Å². The summed E-state index contributed by atoms with van der Waals surface area (Å²) in [7, 11) is 0. The molecule has 0 fully saturated rings. The molecule has 1 aromatic carbocycles. The second kappa shape index (κ2) is 3.05. The van der Waals surface area contributed by atoms with Crippen molar-refractivity contribution in [2.24, 2.45) is 0 Å². The minimum Gasteiger partial charge on any atom is -0.366 e. The molecule has 0 atom stereocenters. The van der Waals surface area contributed by atoms with Crippen molar-refractivity contribution in [1.29, 1.82) is 0 Å². The van der Waals surface area contributed by atoms with Crippen molar-refractivity contribution in [3.63, 3.8) is 0 Å². The number of aryl methyl sites for hydroxylation is 1. The van der Waals surface area contributed by atoms with Crippen LogP contribution in [-0.4, -0.2) is 6.67 Å². The summed E-state index contributed by atoms with van der Waals surface area (Å²) in [6.45, 7) is 3.07. The summed E-state index contributed by atoms with van der Waals surface area (Å²) in [5.74, 6) is 0. The summed E-state index contributed by atoms with van der Waals surface area (Å²) >= 11 is 0. The van der Waals surface area contributed by atoms with Gasteiger partial charge >= 0.3 is 0 Å². The van der Waals surface area contributed by atoms with Gasteiger partial charge in [-0.05, 0) is 24.1 Å². The van der Waals surface area contributed by atoms with E-state index in [0.717, 1.165) is 6.67 Å². The van der Waals surface area contributed by atoms with Gasteiger partial charge in [-0.3, -0.25) is 0 Å². The number of anilines is 2.